The van der Waals surface area contributed by atoms with Crippen LogP contribution in [0.2, 0.25) is 0 Å². The largest absolute Gasteiger partial charge is 0.456 e. The van der Waals surface area contributed by atoms with Crippen LogP contribution < -0.4 is 4.90 Å². The van der Waals surface area contributed by atoms with Gasteiger partial charge in [-0.15, -0.1) is 0 Å². The lowest BCUT2D eigenvalue weighted by atomic mass is 9.97. The first-order valence-corrected chi connectivity index (χ1v) is 16.3. The number of nitrogens with zero attached hydrogens (tertiary/aromatic N) is 1. The third-order valence-electron chi connectivity index (χ3n) is 9.23. The van der Waals surface area contributed by atoms with Crippen LogP contribution in [-0.4, -0.2) is 0 Å². The SMILES string of the molecule is c1ccc(-c2cccc(-c3ccc(N(c4cccc(-c5cc6ccccc6o5)c4)c4cc5ccccc5c5ccccc45)cc3)c2)cc1. The third kappa shape index (κ3) is 5.01. The van der Waals surface area contributed by atoms with Crippen LogP contribution >= 0.6 is 0 Å². The van der Waals surface area contributed by atoms with Crippen molar-refractivity contribution in [2.45, 2.75) is 0 Å². The normalized spacial score (nSPS) is 11.3. The predicted octanol–water partition coefficient (Wildman–Crippen LogP) is 13.2. The Bertz CT molecular complexity index is 2530. The van der Waals surface area contributed by atoms with Gasteiger partial charge in [-0.05, 0) is 86.9 Å². The van der Waals surface area contributed by atoms with E-state index in [0.717, 1.165) is 39.4 Å². The summed E-state index contributed by atoms with van der Waals surface area (Å²) in [5, 5.41) is 5.99. The molecule has 0 amide bonds. The fourth-order valence-electron chi connectivity index (χ4n) is 6.88. The summed E-state index contributed by atoms with van der Waals surface area (Å²) in [6.07, 6.45) is 0. The quantitative estimate of drug-likeness (QED) is 0.174. The van der Waals surface area contributed by atoms with Crippen molar-refractivity contribution in [3.63, 3.8) is 0 Å². The number of hydrogen-bond acceptors (Lipinski definition) is 2. The van der Waals surface area contributed by atoms with Crippen LogP contribution in [0.25, 0.3) is 66.1 Å². The maximum Gasteiger partial charge on any atom is 0.135 e. The van der Waals surface area contributed by atoms with Crippen LogP contribution in [0.5, 0.6) is 0 Å². The Labute approximate surface area is 279 Å². The van der Waals surface area contributed by atoms with Gasteiger partial charge in [-0.2, -0.15) is 0 Å². The first kappa shape index (κ1) is 27.9. The van der Waals surface area contributed by atoms with Crippen LogP contribution in [0.1, 0.15) is 0 Å². The Balaban J connectivity index is 1.20. The standard InChI is InChI=1S/C46H31NO/c1-2-12-32(13-3-1)34-16-10-17-35(28-34)33-24-26-39(27-25-33)47(44-30-36-14-4-6-20-41(36)42-21-7-8-22-43(42)44)40-19-11-18-37(29-40)46-31-38-15-5-9-23-45(38)48-46/h1-31H. The second-order valence-corrected chi connectivity index (χ2v) is 12.2. The van der Waals surface area contributed by atoms with Gasteiger partial charge in [0.25, 0.3) is 0 Å². The van der Waals surface area contributed by atoms with E-state index in [2.05, 4.69) is 175 Å². The number of fused-ring (bicyclic) bond motifs is 4. The minimum atomic E-state index is 0.856. The second kappa shape index (κ2) is 11.8. The molecule has 0 atom stereocenters. The third-order valence-corrected chi connectivity index (χ3v) is 9.23. The molecule has 0 aliphatic heterocycles. The van der Waals surface area contributed by atoms with Crippen molar-refractivity contribution in [2.75, 3.05) is 4.90 Å². The molecule has 9 aromatic rings. The van der Waals surface area contributed by atoms with Gasteiger partial charge in [0.05, 0.1) is 5.69 Å². The zero-order chi connectivity index (χ0) is 31.9. The van der Waals surface area contributed by atoms with Crippen molar-refractivity contribution in [1.29, 1.82) is 0 Å². The number of anilines is 3. The van der Waals surface area contributed by atoms with Crippen LogP contribution in [0, 0.1) is 0 Å². The van der Waals surface area contributed by atoms with E-state index in [4.69, 9.17) is 4.42 Å². The van der Waals surface area contributed by atoms with E-state index in [-0.39, 0.29) is 0 Å². The minimum Gasteiger partial charge on any atom is -0.456 e. The molecule has 9 rings (SSSR count). The van der Waals surface area contributed by atoms with Gasteiger partial charge in [-0.3, -0.25) is 0 Å². The van der Waals surface area contributed by atoms with E-state index in [1.807, 2.05) is 18.2 Å². The first-order chi connectivity index (χ1) is 23.8. The number of benzene rings is 8. The molecular weight excluding hydrogens is 583 g/mol. The van der Waals surface area contributed by atoms with E-state index in [9.17, 15) is 0 Å². The van der Waals surface area contributed by atoms with Gasteiger partial charge in [0.15, 0.2) is 0 Å². The van der Waals surface area contributed by atoms with E-state index in [0.29, 0.717) is 0 Å². The highest BCUT2D eigenvalue weighted by atomic mass is 16.3. The minimum absolute atomic E-state index is 0.856. The van der Waals surface area contributed by atoms with Gasteiger partial charge in [-0.1, -0.05) is 140 Å². The molecule has 1 aromatic heterocycles. The molecule has 0 aliphatic rings. The topological polar surface area (TPSA) is 16.4 Å². The highest BCUT2D eigenvalue weighted by Crippen LogP contribution is 2.43. The fraction of sp³-hybridized carbons (Fsp3) is 0. The van der Waals surface area contributed by atoms with Crippen LogP contribution in [0.3, 0.4) is 0 Å². The molecule has 0 bridgehead atoms. The van der Waals surface area contributed by atoms with Crippen LogP contribution in [-0.2, 0) is 0 Å². The van der Waals surface area contributed by atoms with Gasteiger partial charge >= 0.3 is 0 Å². The Hall–Kier alpha value is -6.38. The molecule has 226 valence electrons. The summed E-state index contributed by atoms with van der Waals surface area (Å²) in [7, 11) is 0. The van der Waals surface area contributed by atoms with Gasteiger partial charge in [0.2, 0.25) is 0 Å². The van der Waals surface area contributed by atoms with Crippen molar-refractivity contribution >= 4 is 49.6 Å². The highest BCUT2D eigenvalue weighted by Gasteiger charge is 2.19. The first-order valence-electron chi connectivity index (χ1n) is 16.3. The zero-order valence-electron chi connectivity index (χ0n) is 26.3. The molecule has 0 fully saturated rings. The average molecular weight is 614 g/mol. The summed E-state index contributed by atoms with van der Waals surface area (Å²) < 4.78 is 6.32. The molecule has 0 radical (unpaired) electrons. The predicted molar refractivity (Wildman–Crippen MR) is 202 cm³/mol. The molecule has 0 saturated heterocycles. The van der Waals surface area contributed by atoms with Crippen molar-refractivity contribution < 1.29 is 4.42 Å². The lowest BCUT2D eigenvalue weighted by Crippen LogP contribution is -2.10. The maximum atomic E-state index is 6.32. The Morgan fingerprint density at radius 1 is 0.333 bits per heavy atom. The molecule has 0 unspecified atom stereocenters. The maximum absolute atomic E-state index is 6.32. The number of para-hydroxylation sites is 1. The molecular formula is C46H31NO. The fourth-order valence-corrected chi connectivity index (χ4v) is 6.88. The summed E-state index contributed by atoms with van der Waals surface area (Å²) in [6, 6.07) is 67.0. The van der Waals surface area contributed by atoms with Crippen molar-refractivity contribution in [3.05, 3.63) is 188 Å². The van der Waals surface area contributed by atoms with E-state index >= 15 is 0 Å². The summed E-state index contributed by atoms with van der Waals surface area (Å²) in [6.45, 7) is 0. The van der Waals surface area contributed by atoms with E-state index in [1.165, 1.54) is 43.8 Å². The molecule has 2 heteroatoms. The molecule has 1 heterocycles. The van der Waals surface area contributed by atoms with E-state index < -0.39 is 0 Å². The molecule has 0 N–H and O–H groups in total. The molecule has 0 aliphatic carbocycles. The number of furan rings is 1. The van der Waals surface area contributed by atoms with Crippen molar-refractivity contribution in [1.82, 2.24) is 0 Å². The highest BCUT2D eigenvalue weighted by molar-refractivity contribution is 6.14. The molecule has 0 saturated carbocycles. The number of rotatable bonds is 6. The Morgan fingerprint density at radius 3 is 1.73 bits per heavy atom. The summed E-state index contributed by atoms with van der Waals surface area (Å²) in [5.74, 6) is 0.856. The smallest absolute Gasteiger partial charge is 0.135 e. The van der Waals surface area contributed by atoms with Gasteiger partial charge in [0, 0.05) is 27.7 Å². The molecule has 8 aromatic carbocycles. The zero-order valence-corrected chi connectivity index (χ0v) is 26.3. The van der Waals surface area contributed by atoms with Crippen LogP contribution in [0.15, 0.2) is 192 Å². The summed E-state index contributed by atoms with van der Waals surface area (Å²) in [4.78, 5) is 2.38. The Morgan fingerprint density at radius 2 is 0.938 bits per heavy atom. The van der Waals surface area contributed by atoms with Gasteiger partial charge in [-0.25, -0.2) is 0 Å². The average Bonchev–Trinajstić information content (AvgIpc) is 3.61. The Kier molecular flexibility index (Phi) is 6.84. The van der Waals surface area contributed by atoms with E-state index in [1.54, 1.807) is 0 Å². The lowest BCUT2D eigenvalue weighted by molar-refractivity contribution is 0.631. The van der Waals surface area contributed by atoms with Gasteiger partial charge < -0.3 is 9.32 Å². The molecule has 2 nitrogen and oxygen atoms in total. The van der Waals surface area contributed by atoms with Gasteiger partial charge in [0.1, 0.15) is 11.3 Å². The van der Waals surface area contributed by atoms with Crippen molar-refractivity contribution in [3.8, 4) is 33.6 Å². The second-order valence-electron chi connectivity index (χ2n) is 12.2. The van der Waals surface area contributed by atoms with Crippen LogP contribution in [0.4, 0.5) is 17.1 Å². The monoisotopic (exact) mass is 613 g/mol. The lowest BCUT2D eigenvalue weighted by Gasteiger charge is -2.28. The molecule has 48 heavy (non-hydrogen) atoms. The van der Waals surface area contributed by atoms with Crippen molar-refractivity contribution in [2.24, 2.45) is 0 Å². The molecule has 0 spiro atoms. The summed E-state index contributed by atoms with van der Waals surface area (Å²) >= 11 is 0. The summed E-state index contributed by atoms with van der Waals surface area (Å²) in [5.41, 5.74) is 10.00. The number of hydrogen-bond donors (Lipinski definition) is 0.